The first-order chi connectivity index (χ1) is 10.8. The summed E-state index contributed by atoms with van der Waals surface area (Å²) < 4.78 is 30.1. The van der Waals surface area contributed by atoms with Crippen LogP contribution >= 0.6 is 0 Å². The number of sulfonamides is 1. The van der Waals surface area contributed by atoms with Crippen LogP contribution in [-0.4, -0.2) is 28.9 Å². The molecule has 0 atom stereocenters. The zero-order chi connectivity index (χ0) is 16.3. The molecule has 0 spiro atoms. The summed E-state index contributed by atoms with van der Waals surface area (Å²) in [6.45, 7) is 4.77. The van der Waals surface area contributed by atoms with E-state index in [4.69, 9.17) is 0 Å². The molecule has 0 amide bonds. The minimum absolute atomic E-state index is 0.0480. The van der Waals surface area contributed by atoms with Gasteiger partial charge >= 0.3 is 0 Å². The molecule has 0 unspecified atom stereocenters. The number of nitrogens with zero attached hydrogens (tertiary/aromatic N) is 3. The summed E-state index contributed by atoms with van der Waals surface area (Å²) >= 11 is 0. The van der Waals surface area contributed by atoms with Crippen molar-refractivity contribution in [3.63, 3.8) is 0 Å². The fourth-order valence-electron chi connectivity index (χ4n) is 4.94. The summed E-state index contributed by atoms with van der Waals surface area (Å²) in [6, 6.07) is 0.465. The Kier molecular flexibility index (Phi) is 3.40. The van der Waals surface area contributed by atoms with Gasteiger partial charge in [-0.1, -0.05) is 13.8 Å². The minimum Gasteiger partial charge on any atom is -0.313 e. The Morgan fingerprint density at radius 2 is 1.96 bits per heavy atom. The molecule has 1 N–H and O–H groups in total. The maximum absolute atomic E-state index is 12.7. The topological polar surface area (TPSA) is 76.9 Å². The monoisotopic (exact) mass is 338 g/mol. The molecule has 3 fully saturated rings. The Balaban J connectivity index is 1.45. The number of hydrogen-bond donors (Lipinski definition) is 1. The molecule has 1 aromatic heterocycles. The van der Waals surface area contributed by atoms with Crippen LogP contribution in [0.2, 0.25) is 0 Å². The number of nitrogens with one attached hydrogen (secondary N) is 1. The molecule has 0 aliphatic heterocycles. The molecule has 4 rings (SSSR count). The Hall–Kier alpha value is -0.950. The van der Waals surface area contributed by atoms with E-state index in [0.29, 0.717) is 12.0 Å². The van der Waals surface area contributed by atoms with E-state index in [1.165, 1.54) is 12.8 Å². The van der Waals surface area contributed by atoms with Gasteiger partial charge in [0.05, 0.1) is 12.3 Å². The lowest BCUT2D eigenvalue weighted by atomic mass is 9.71. The van der Waals surface area contributed by atoms with E-state index in [-0.39, 0.29) is 23.1 Å². The van der Waals surface area contributed by atoms with Gasteiger partial charge in [0.15, 0.2) is 0 Å². The molecule has 3 aliphatic rings. The molecular weight excluding hydrogens is 312 g/mol. The van der Waals surface area contributed by atoms with E-state index in [1.54, 1.807) is 6.33 Å². The van der Waals surface area contributed by atoms with Gasteiger partial charge in [-0.2, -0.15) is 0 Å². The third kappa shape index (κ3) is 2.52. The van der Waals surface area contributed by atoms with Crippen LogP contribution < -0.4 is 4.72 Å². The van der Waals surface area contributed by atoms with Crippen molar-refractivity contribution in [3.05, 3.63) is 12.2 Å². The average molecular weight is 338 g/mol. The first-order valence-corrected chi connectivity index (χ1v) is 10.3. The zero-order valence-corrected chi connectivity index (χ0v) is 14.8. The maximum Gasteiger partial charge on any atom is 0.212 e. The summed E-state index contributed by atoms with van der Waals surface area (Å²) in [4.78, 5) is 0. The van der Waals surface area contributed by atoms with Crippen molar-refractivity contribution in [1.82, 2.24) is 19.5 Å². The highest BCUT2D eigenvalue weighted by Crippen LogP contribution is 2.66. The number of hydrogen-bond acceptors (Lipinski definition) is 4. The van der Waals surface area contributed by atoms with Crippen molar-refractivity contribution >= 4 is 10.0 Å². The molecule has 2 bridgehead atoms. The van der Waals surface area contributed by atoms with E-state index in [2.05, 4.69) is 28.8 Å². The summed E-state index contributed by atoms with van der Waals surface area (Å²) in [5.74, 6) is 1.67. The summed E-state index contributed by atoms with van der Waals surface area (Å²) in [5, 5.41) is 8.00. The van der Waals surface area contributed by atoms with Gasteiger partial charge in [-0.15, -0.1) is 10.2 Å². The predicted octanol–water partition coefficient (Wildman–Crippen LogP) is 2.25. The molecule has 3 aliphatic carbocycles. The normalized spacial score (nSPS) is 32.5. The van der Waals surface area contributed by atoms with Crippen molar-refractivity contribution in [1.29, 1.82) is 0 Å². The Morgan fingerprint density at radius 1 is 1.26 bits per heavy atom. The van der Waals surface area contributed by atoms with Gasteiger partial charge in [-0.3, -0.25) is 0 Å². The van der Waals surface area contributed by atoms with Crippen LogP contribution in [0.5, 0.6) is 0 Å². The minimum atomic E-state index is -3.31. The first-order valence-electron chi connectivity index (χ1n) is 8.69. The van der Waals surface area contributed by atoms with E-state index in [1.807, 2.05) is 4.57 Å². The Bertz CT molecular complexity index is 697. The summed E-state index contributed by atoms with van der Waals surface area (Å²) in [7, 11) is -3.31. The van der Waals surface area contributed by atoms with Crippen LogP contribution in [0, 0.1) is 16.7 Å². The van der Waals surface area contributed by atoms with E-state index >= 15 is 0 Å². The van der Waals surface area contributed by atoms with Crippen LogP contribution in [0.4, 0.5) is 0 Å². The molecule has 23 heavy (non-hydrogen) atoms. The molecule has 3 saturated carbocycles. The lowest BCUT2D eigenvalue weighted by Gasteiger charge is -2.37. The average Bonchev–Trinajstić information content (AvgIpc) is 3.12. The third-order valence-corrected chi connectivity index (χ3v) is 8.35. The standard InChI is InChI=1S/C16H26N4O2S/c1-15(2)12-5-7-16(15,8-6-12)10-23(21,22)18-9-14-19-17-11-20(14)13-3-4-13/h11-13,18H,3-10H2,1-2H3. The summed E-state index contributed by atoms with van der Waals surface area (Å²) in [6.07, 6.45) is 8.43. The molecule has 1 heterocycles. The largest absolute Gasteiger partial charge is 0.313 e. The molecular formula is C16H26N4O2S. The number of fused-ring (bicyclic) bond motifs is 2. The van der Waals surface area contributed by atoms with Crippen LogP contribution in [0.1, 0.15) is 64.2 Å². The maximum atomic E-state index is 12.7. The van der Waals surface area contributed by atoms with Gasteiger partial charge in [-0.25, -0.2) is 13.1 Å². The van der Waals surface area contributed by atoms with E-state index in [0.717, 1.165) is 31.5 Å². The highest BCUT2D eigenvalue weighted by molar-refractivity contribution is 7.89. The quantitative estimate of drug-likeness (QED) is 0.863. The van der Waals surface area contributed by atoms with Crippen molar-refractivity contribution < 1.29 is 8.42 Å². The molecule has 128 valence electrons. The fraction of sp³-hybridized carbons (Fsp3) is 0.875. The number of rotatable bonds is 6. The van der Waals surface area contributed by atoms with Gasteiger partial charge in [-0.05, 0) is 55.3 Å². The lowest BCUT2D eigenvalue weighted by Crippen LogP contribution is -2.41. The van der Waals surface area contributed by atoms with Crippen LogP contribution in [0.3, 0.4) is 0 Å². The highest BCUT2D eigenvalue weighted by atomic mass is 32.2. The molecule has 1 aromatic rings. The first kappa shape index (κ1) is 15.6. The van der Waals surface area contributed by atoms with Gasteiger partial charge in [0.1, 0.15) is 12.2 Å². The van der Waals surface area contributed by atoms with Gasteiger partial charge < -0.3 is 4.57 Å². The second-order valence-corrected chi connectivity index (χ2v) is 10.0. The van der Waals surface area contributed by atoms with Crippen molar-refractivity contribution in [2.75, 3.05) is 5.75 Å². The van der Waals surface area contributed by atoms with Crippen LogP contribution in [-0.2, 0) is 16.6 Å². The SMILES string of the molecule is CC1(C)C2CCC1(CS(=O)(=O)NCc1nncn1C1CC1)CC2. The molecule has 0 radical (unpaired) electrons. The predicted molar refractivity (Wildman–Crippen MR) is 87.1 cm³/mol. The molecule has 7 heteroatoms. The van der Waals surface area contributed by atoms with Gasteiger partial charge in [0.2, 0.25) is 10.0 Å². The van der Waals surface area contributed by atoms with Crippen molar-refractivity contribution in [3.8, 4) is 0 Å². The second kappa shape index (κ2) is 5.02. The third-order valence-electron chi connectivity index (χ3n) is 6.83. The van der Waals surface area contributed by atoms with E-state index < -0.39 is 10.0 Å². The second-order valence-electron chi connectivity index (χ2n) is 8.24. The molecule has 0 aromatic carbocycles. The fourth-order valence-corrected chi connectivity index (χ4v) is 6.78. The smallest absolute Gasteiger partial charge is 0.212 e. The Labute approximate surface area is 138 Å². The lowest BCUT2D eigenvalue weighted by molar-refractivity contribution is 0.155. The number of aromatic nitrogens is 3. The van der Waals surface area contributed by atoms with Crippen LogP contribution in [0.15, 0.2) is 6.33 Å². The van der Waals surface area contributed by atoms with E-state index in [9.17, 15) is 8.42 Å². The zero-order valence-electron chi connectivity index (χ0n) is 14.0. The van der Waals surface area contributed by atoms with Gasteiger partial charge in [0, 0.05) is 6.04 Å². The van der Waals surface area contributed by atoms with Crippen molar-refractivity contribution in [2.24, 2.45) is 16.7 Å². The highest BCUT2D eigenvalue weighted by Gasteiger charge is 2.59. The molecule has 0 saturated heterocycles. The van der Waals surface area contributed by atoms with Crippen LogP contribution in [0.25, 0.3) is 0 Å². The Morgan fingerprint density at radius 3 is 2.52 bits per heavy atom. The summed E-state index contributed by atoms with van der Waals surface area (Å²) in [5.41, 5.74) is 0.0868. The van der Waals surface area contributed by atoms with Gasteiger partial charge in [0.25, 0.3) is 0 Å². The molecule has 6 nitrogen and oxygen atoms in total. The van der Waals surface area contributed by atoms with Crippen molar-refractivity contribution in [2.45, 2.75) is 65.0 Å².